The predicted molar refractivity (Wildman–Crippen MR) is 62.5 cm³/mol. The molecule has 1 rings (SSSR count). The molecule has 0 heterocycles. The lowest BCUT2D eigenvalue weighted by Crippen LogP contribution is -2.17. The molecule has 2 nitrogen and oxygen atoms in total. The van der Waals surface area contributed by atoms with E-state index in [1.165, 1.54) is 6.08 Å². The van der Waals surface area contributed by atoms with Gasteiger partial charge < -0.3 is 10.4 Å². The van der Waals surface area contributed by atoms with E-state index in [9.17, 15) is 22.0 Å². The average Bonchev–Trinajstić information content (AvgIpc) is 2.37. The van der Waals surface area contributed by atoms with Gasteiger partial charge in [0.2, 0.25) is 5.82 Å². The van der Waals surface area contributed by atoms with E-state index < -0.39 is 34.6 Å². The Morgan fingerprint density at radius 1 is 0.895 bits per heavy atom. The van der Waals surface area contributed by atoms with Crippen LogP contribution in [0.25, 0.3) is 6.08 Å². The van der Waals surface area contributed by atoms with E-state index in [4.69, 9.17) is 5.11 Å². The summed E-state index contributed by atoms with van der Waals surface area (Å²) in [7, 11) is 0. The van der Waals surface area contributed by atoms with Crippen LogP contribution in [-0.2, 0) is 0 Å². The van der Waals surface area contributed by atoms with Gasteiger partial charge in [0.25, 0.3) is 0 Å². The molecule has 0 unspecified atom stereocenters. The maximum absolute atomic E-state index is 13.1. The third-order valence-corrected chi connectivity index (χ3v) is 2.08. The zero-order valence-corrected chi connectivity index (χ0v) is 10.3. The fraction of sp³-hybridized carbons (Fsp3) is 0.273. The Kier molecular flexibility index (Phi) is 7.58. The predicted octanol–water partition coefficient (Wildman–Crippen LogP) is 2.40. The van der Waals surface area contributed by atoms with Crippen LogP contribution in [0.3, 0.4) is 0 Å². The summed E-state index contributed by atoms with van der Waals surface area (Å²) in [5, 5.41) is 11.1. The van der Waals surface area contributed by atoms with Crippen molar-refractivity contribution in [2.45, 2.75) is 0 Å². The zero-order valence-electron chi connectivity index (χ0n) is 9.52. The molecule has 0 saturated carbocycles. The summed E-state index contributed by atoms with van der Waals surface area (Å²) in [6, 6.07) is 0. The molecule has 0 bridgehead atoms. The lowest BCUT2D eigenvalue weighted by Gasteiger charge is -2.04. The number of rotatable bonds is 5. The van der Waals surface area contributed by atoms with Crippen LogP contribution in [0, 0.1) is 29.1 Å². The summed E-state index contributed by atoms with van der Waals surface area (Å²) >= 11 is 0. The molecule has 1 aromatic rings. The Labute approximate surface area is 112 Å². The van der Waals surface area contributed by atoms with Crippen molar-refractivity contribution in [2.75, 3.05) is 19.7 Å². The molecule has 1 aromatic carbocycles. The van der Waals surface area contributed by atoms with Crippen LogP contribution in [0.2, 0.25) is 0 Å². The highest BCUT2D eigenvalue weighted by molar-refractivity contribution is 5.85. The summed E-state index contributed by atoms with van der Waals surface area (Å²) in [5.41, 5.74) is -0.989. The smallest absolute Gasteiger partial charge is 0.200 e. The highest BCUT2D eigenvalue weighted by Gasteiger charge is 2.23. The van der Waals surface area contributed by atoms with Gasteiger partial charge in [0.1, 0.15) is 0 Å². The first-order valence-corrected chi connectivity index (χ1v) is 5.00. The summed E-state index contributed by atoms with van der Waals surface area (Å²) in [5.74, 6) is -9.87. The third-order valence-electron chi connectivity index (χ3n) is 2.08. The van der Waals surface area contributed by atoms with Crippen LogP contribution in [0.1, 0.15) is 5.56 Å². The number of aliphatic hydroxyl groups is 1. The molecule has 8 heteroatoms. The molecular formula is C11H11ClF5NO. The van der Waals surface area contributed by atoms with Gasteiger partial charge in [-0.2, -0.15) is 0 Å². The average molecular weight is 304 g/mol. The second-order valence-corrected chi connectivity index (χ2v) is 3.31. The largest absolute Gasteiger partial charge is 0.395 e. The van der Waals surface area contributed by atoms with Gasteiger partial charge in [-0.05, 0) is 0 Å². The Morgan fingerprint density at radius 3 is 1.84 bits per heavy atom. The van der Waals surface area contributed by atoms with Crippen LogP contribution in [0.5, 0.6) is 0 Å². The minimum absolute atomic E-state index is 0. The first-order chi connectivity index (χ1) is 8.50. The summed E-state index contributed by atoms with van der Waals surface area (Å²) in [6.07, 6.45) is 1.98. The molecular weight excluding hydrogens is 293 g/mol. The summed E-state index contributed by atoms with van der Waals surface area (Å²) in [4.78, 5) is 0. The minimum atomic E-state index is -2.18. The zero-order chi connectivity index (χ0) is 13.7. The van der Waals surface area contributed by atoms with Crippen LogP contribution >= 0.6 is 12.4 Å². The summed E-state index contributed by atoms with van der Waals surface area (Å²) < 4.78 is 64.6. The van der Waals surface area contributed by atoms with Crippen LogP contribution in [-0.4, -0.2) is 24.8 Å². The van der Waals surface area contributed by atoms with Crippen molar-refractivity contribution in [3.8, 4) is 0 Å². The van der Waals surface area contributed by atoms with Crippen LogP contribution in [0.15, 0.2) is 6.08 Å². The normalized spacial score (nSPS) is 10.8. The van der Waals surface area contributed by atoms with Crippen molar-refractivity contribution in [3.05, 3.63) is 40.7 Å². The van der Waals surface area contributed by atoms with E-state index >= 15 is 0 Å². The van der Waals surface area contributed by atoms with Gasteiger partial charge >= 0.3 is 0 Å². The SMILES string of the molecule is Cl.OCCNCC=Cc1c(F)c(F)c(F)c(F)c1F. The van der Waals surface area contributed by atoms with E-state index in [-0.39, 0.29) is 32.1 Å². The van der Waals surface area contributed by atoms with Gasteiger partial charge in [-0.15, -0.1) is 12.4 Å². The van der Waals surface area contributed by atoms with Gasteiger partial charge in [-0.25, -0.2) is 22.0 Å². The molecule has 0 fully saturated rings. The molecule has 0 atom stereocenters. The van der Waals surface area contributed by atoms with E-state index in [0.717, 1.165) is 6.08 Å². The number of hydrogen-bond donors (Lipinski definition) is 2. The third kappa shape index (κ3) is 4.15. The first kappa shape index (κ1) is 17.8. The maximum atomic E-state index is 13.1. The van der Waals surface area contributed by atoms with Crippen molar-refractivity contribution in [2.24, 2.45) is 0 Å². The van der Waals surface area contributed by atoms with E-state index in [0.29, 0.717) is 0 Å². The van der Waals surface area contributed by atoms with Crippen molar-refractivity contribution >= 4 is 18.5 Å². The van der Waals surface area contributed by atoms with Gasteiger partial charge in [0.05, 0.1) is 12.2 Å². The number of benzene rings is 1. The van der Waals surface area contributed by atoms with E-state index in [1.807, 2.05) is 0 Å². The highest BCUT2D eigenvalue weighted by atomic mass is 35.5. The lowest BCUT2D eigenvalue weighted by atomic mass is 10.1. The second kappa shape index (κ2) is 8.08. The minimum Gasteiger partial charge on any atom is -0.395 e. The molecule has 0 amide bonds. The van der Waals surface area contributed by atoms with Crippen LogP contribution < -0.4 is 5.32 Å². The Balaban J connectivity index is 0.00000324. The summed E-state index contributed by atoms with van der Waals surface area (Å²) in [6.45, 7) is 0.248. The number of aliphatic hydroxyl groups excluding tert-OH is 1. The van der Waals surface area contributed by atoms with E-state index in [1.54, 1.807) is 0 Å². The molecule has 108 valence electrons. The van der Waals surface area contributed by atoms with Crippen molar-refractivity contribution < 1.29 is 27.1 Å². The highest BCUT2D eigenvalue weighted by Crippen LogP contribution is 2.23. The number of hydrogen-bond acceptors (Lipinski definition) is 2. The molecule has 2 N–H and O–H groups in total. The number of halogens is 6. The second-order valence-electron chi connectivity index (χ2n) is 3.31. The quantitative estimate of drug-likeness (QED) is 0.379. The van der Waals surface area contributed by atoms with Gasteiger partial charge in [0, 0.05) is 13.1 Å². The maximum Gasteiger partial charge on any atom is 0.200 e. The first-order valence-electron chi connectivity index (χ1n) is 5.00. The topological polar surface area (TPSA) is 32.3 Å². The molecule has 19 heavy (non-hydrogen) atoms. The monoisotopic (exact) mass is 303 g/mol. The molecule has 0 aliphatic heterocycles. The Hall–Kier alpha value is -1.18. The van der Waals surface area contributed by atoms with Gasteiger partial charge in [0.15, 0.2) is 23.3 Å². The van der Waals surface area contributed by atoms with Crippen molar-refractivity contribution in [1.82, 2.24) is 5.32 Å². The molecule has 0 radical (unpaired) electrons. The van der Waals surface area contributed by atoms with Crippen molar-refractivity contribution in [3.63, 3.8) is 0 Å². The fourth-order valence-electron chi connectivity index (χ4n) is 1.21. The Morgan fingerprint density at radius 2 is 1.37 bits per heavy atom. The lowest BCUT2D eigenvalue weighted by molar-refractivity contribution is 0.294. The molecule has 0 spiro atoms. The molecule has 0 aliphatic carbocycles. The standard InChI is InChI=1S/C11H10F5NO.ClH/c12-7-6(2-1-3-17-4-5-18)8(13)10(15)11(16)9(7)14;/h1-2,17-18H,3-5H2;1H. The van der Waals surface area contributed by atoms with Crippen LogP contribution in [0.4, 0.5) is 22.0 Å². The number of nitrogens with one attached hydrogen (secondary N) is 1. The molecule has 0 aromatic heterocycles. The van der Waals surface area contributed by atoms with Gasteiger partial charge in [-0.3, -0.25) is 0 Å². The van der Waals surface area contributed by atoms with E-state index in [2.05, 4.69) is 5.32 Å². The molecule has 0 saturated heterocycles. The van der Waals surface area contributed by atoms with Gasteiger partial charge in [-0.1, -0.05) is 12.2 Å². The molecule has 0 aliphatic rings. The Bertz CT molecular complexity index is 438. The fourth-order valence-corrected chi connectivity index (χ4v) is 1.21. The van der Waals surface area contributed by atoms with Crippen molar-refractivity contribution in [1.29, 1.82) is 0 Å².